The van der Waals surface area contributed by atoms with Crippen LogP contribution in [0.25, 0.3) is 22.2 Å². The second-order valence-corrected chi connectivity index (χ2v) is 17.9. The van der Waals surface area contributed by atoms with Crippen molar-refractivity contribution in [2.75, 3.05) is 42.9 Å². The maximum Gasteiger partial charge on any atom is 0.264 e. The number of hydrogen-bond acceptors (Lipinski definition) is 11. The summed E-state index contributed by atoms with van der Waals surface area (Å²) in [4.78, 5) is 87.2. The van der Waals surface area contributed by atoms with Crippen LogP contribution in [0.3, 0.4) is 0 Å². The molecule has 67 heavy (non-hydrogen) atoms. The number of unbranched alkanes of at least 4 members (excludes halogenated alkanes) is 3. The summed E-state index contributed by atoms with van der Waals surface area (Å²) in [7, 11) is 0. The Morgan fingerprint density at radius 3 is 2.36 bits per heavy atom. The number of nitrogens with one attached hydrogen (secondary N) is 3. The molecule has 6 heterocycles. The number of likely N-dealkylation sites (tertiary alicyclic amines) is 1. The number of imidazole rings is 1. The summed E-state index contributed by atoms with van der Waals surface area (Å²) in [5.41, 5.74) is 5.47. The predicted octanol–water partition coefficient (Wildman–Crippen LogP) is 6.67. The van der Waals surface area contributed by atoms with Gasteiger partial charge in [0.1, 0.15) is 17.6 Å². The van der Waals surface area contributed by atoms with E-state index in [-0.39, 0.29) is 60.5 Å². The van der Waals surface area contributed by atoms with E-state index < -0.39 is 47.3 Å². The van der Waals surface area contributed by atoms with Crippen molar-refractivity contribution in [1.29, 1.82) is 0 Å². The molecular formula is C49H53F2N9O7. The Labute approximate surface area is 385 Å². The Morgan fingerprint density at radius 2 is 1.61 bits per heavy atom. The number of piperidine rings is 3. The van der Waals surface area contributed by atoms with Crippen molar-refractivity contribution < 1.29 is 42.1 Å². The summed E-state index contributed by atoms with van der Waals surface area (Å²) in [6, 6.07) is 13.1. The highest BCUT2D eigenvalue weighted by Gasteiger charge is 2.46. The highest BCUT2D eigenvalue weighted by molar-refractivity contribution is 6.25. The van der Waals surface area contributed by atoms with Crippen molar-refractivity contribution in [3.8, 4) is 11.1 Å². The molecule has 3 N–H and O–H groups in total. The number of imide groups is 2. The monoisotopic (exact) mass is 917 g/mol. The maximum absolute atomic E-state index is 14.6. The summed E-state index contributed by atoms with van der Waals surface area (Å²) in [5, 5.41) is 12.7. The van der Waals surface area contributed by atoms with E-state index in [0.717, 1.165) is 83.4 Å². The molecule has 3 aromatic carbocycles. The van der Waals surface area contributed by atoms with Gasteiger partial charge in [-0.05, 0) is 101 Å². The minimum Gasteiger partial charge on any atom is -0.384 e. The average Bonchev–Trinajstić information content (AvgIpc) is 3.94. The number of benzene rings is 3. The van der Waals surface area contributed by atoms with Crippen LogP contribution < -0.4 is 20.9 Å². The highest BCUT2D eigenvalue weighted by atomic mass is 19.2. The normalized spacial score (nSPS) is 19.4. The van der Waals surface area contributed by atoms with E-state index in [1.807, 2.05) is 32.0 Å². The first-order chi connectivity index (χ1) is 32.4. The zero-order valence-corrected chi connectivity index (χ0v) is 37.5. The van der Waals surface area contributed by atoms with Crippen LogP contribution in [0.2, 0.25) is 0 Å². The number of fused-ring (bicyclic) bond motifs is 2. The van der Waals surface area contributed by atoms with Crippen molar-refractivity contribution in [2.45, 2.75) is 103 Å². The molecule has 16 nitrogen and oxygen atoms in total. The van der Waals surface area contributed by atoms with Gasteiger partial charge in [-0.1, -0.05) is 30.1 Å². The fourth-order valence-corrected chi connectivity index (χ4v) is 10.2. The van der Waals surface area contributed by atoms with Crippen molar-refractivity contribution in [3.63, 3.8) is 0 Å². The van der Waals surface area contributed by atoms with E-state index in [4.69, 9.17) is 9.51 Å². The predicted molar refractivity (Wildman–Crippen MR) is 243 cm³/mol. The van der Waals surface area contributed by atoms with Crippen LogP contribution in [0.15, 0.2) is 59.1 Å². The number of aromatic nitrogens is 3. The topological polar surface area (TPSA) is 192 Å². The zero-order valence-electron chi connectivity index (χ0n) is 37.5. The number of anilines is 2. The molecule has 2 atom stereocenters. The molecule has 4 aliphatic rings. The molecule has 0 saturated carbocycles. The Hall–Kier alpha value is -6.82. The lowest BCUT2D eigenvalue weighted by atomic mass is 9.98. The van der Waals surface area contributed by atoms with Gasteiger partial charge in [0.05, 0.1) is 40.4 Å². The minimum absolute atomic E-state index is 0.000800. The van der Waals surface area contributed by atoms with Crippen molar-refractivity contribution in [3.05, 3.63) is 94.6 Å². The molecule has 4 aliphatic heterocycles. The van der Waals surface area contributed by atoms with E-state index in [1.165, 1.54) is 6.07 Å². The Kier molecular flexibility index (Phi) is 13.0. The summed E-state index contributed by atoms with van der Waals surface area (Å²) in [6.07, 6.45) is 6.45. The van der Waals surface area contributed by atoms with Gasteiger partial charge in [-0.15, -0.1) is 0 Å². The lowest BCUT2D eigenvalue weighted by molar-refractivity contribution is -0.136. The van der Waals surface area contributed by atoms with Crippen molar-refractivity contribution in [1.82, 2.24) is 35.1 Å². The molecule has 6 amide bonds. The number of rotatable bonds is 15. The first-order valence-electron chi connectivity index (χ1n) is 23.2. The van der Waals surface area contributed by atoms with E-state index >= 15 is 0 Å². The number of aryl methyl sites for hydroxylation is 2. The molecule has 3 saturated heterocycles. The van der Waals surface area contributed by atoms with Crippen LogP contribution in [-0.4, -0.2) is 98.7 Å². The van der Waals surface area contributed by atoms with E-state index in [1.54, 1.807) is 23.1 Å². The number of nitrogens with zero attached hydrogens (tertiary/aromatic N) is 6. The molecule has 0 aliphatic carbocycles. The summed E-state index contributed by atoms with van der Waals surface area (Å²) in [5.74, 6) is -3.02. The lowest BCUT2D eigenvalue weighted by Gasteiger charge is -2.38. The van der Waals surface area contributed by atoms with Crippen LogP contribution in [0, 0.1) is 25.5 Å². The molecular weight excluding hydrogens is 865 g/mol. The molecule has 0 spiro atoms. The fraction of sp³-hybridized carbons (Fsp3) is 0.429. The largest absolute Gasteiger partial charge is 0.384 e. The molecule has 5 aromatic rings. The summed E-state index contributed by atoms with van der Waals surface area (Å²) < 4.78 is 36.3. The molecule has 9 rings (SSSR count). The molecule has 0 bridgehead atoms. The number of carbonyl (C=O) groups excluding carboxylic acids is 6. The van der Waals surface area contributed by atoms with Crippen LogP contribution in [-0.2, 0) is 19.2 Å². The van der Waals surface area contributed by atoms with Crippen LogP contribution in [0.1, 0.15) is 121 Å². The summed E-state index contributed by atoms with van der Waals surface area (Å²) >= 11 is 0. The molecule has 2 aromatic heterocycles. The Morgan fingerprint density at radius 1 is 0.821 bits per heavy atom. The smallest absolute Gasteiger partial charge is 0.264 e. The van der Waals surface area contributed by atoms with Gasteiger partial charge in [-0.25, -0.2) is 13.8 Å². The van der Waals surface area contributed by atoms with Gasteiger partial charge < -0.3 is 24.6 Å². The quantitative estimate of drug-likeness (QED) is 0.0751. The second-order valence-electron chi connectivity index (χ2n) is 17.9. The third-order valence-electron chi connectivity index (χ3n) is 13.5. The Balaban J connectivity index is 0.778. The number of hydrogen-bond donors (Lipinski definition) is 3. The third kappa shape index (κ3) is 9.05. The Bertz CT molecular complexity index is 2760. The van der Waals surface area contributed by atoms with Gasteiger partial charge in [0.25, 0.3) is 11.8 Å². The van der Waals surface area contributed by atoms with E-state index in [2.05, 4.69) is 30.6 Å². The van der Waals surface area contributed by atoms with Gasteiger partial charge in [0.15, 0.2) is 11.6 Å². The molecule has 1 unspecified atom stereocenters. The summed E-state index contributed by atoms with van der Waals surface area (Å²) in [6.45, 7) is 6.45. The number of halogens is 2. The standard InChI is InChI=1S/C49H53F2N9O7/c1-28-44(29(2)67-56-28)30-13-16-38-37(25-30)54-46(39-11-8-12-43(63)58(39)32-14-15-34(50)35(51)26-32)59(38)31-19-23-57(24-20-31)27-42(62)53-22-6-4-3-5-21-52-36-10-7-9-33-45(36)49(66)60(48(33)65)40-17-18-41(61)55-47(40)64/h7,9-10,13-16,25-26,31,39-40,52H,3-6,8,11-12,17-24,27H2,1-2H3,(H,53,62)(H,55,61,64)/t39-,40?/m0/s1. The number of amides is 6. The molecule has 18 heteroatoms. The lowest BCUT2D eigenvalue weighted by Crippen LogP contribution is -2.54. The van der Waals surface area contributed by atoms with Crippen LogP contribution in [0.4, 0.5) is 20.2 Å². The van der Waals surface area contributed by atoms with Crippen molar-refractivity contribution in [2.24, 2.45) is 0 Å². The number of carbonyl (C=O) groups is 6. The fourth-order valence-electron chi connectivity index (χ4n) is 10.2. The van der Waals surface area contributed by atoms with Crippen molar-refractivity contribution >= 4 is 57.9 Å². The highest BCUT2D eigenvalue weighted by Crippen LogP contribution is 2.41. The first kappa shape index (κ1) is 45.3. The molecule has 0 radical (unpaired) electrons. The second kappa shape index (κ2) is 19.2. The third-order valence-corrected chi connectivity index (χ3v) is 13.5. The van der Waals surface area contributed by atoms with Crippen LogP contribution >= 0.6 is 0 Å². The first-order valence-corrected chi connectivity index (χ1v) is 23.2. The minimum atomic E-state index is -1.02. The van der Waals surface area contributed by atoms with Gasteiger partial charge in [-0.2, -0.15) is 0 Å². The van der Waals surface area contributed by atoms with Gasteiger partial charge >= 0.3 is 0 Å². The van der Waals surface area contributed by atoms with E-state index in [0.29, 0.717) is 56.3 Å². The van der Waals surface area contributed by atoms with Gasteiger partial charge in [-0.3, -0.25) is 43.9 Å². The van der Waals surface area contributed by atoms with E-state index in [9.17, 15) is 37.5 Å². The van der Waals surface area contributed by atoms with Gasteiger partial charge in [0.2, 0.25) is 23.6 Å². The van der Waals surface area contributed by atoms with Gasteiger partial charge in [0, 0.05) is 68.1 Å². The maximum atomic E-state index is 14.6. The molecule has 3 fully saturated rings. The van der Waals surface area contributed by atoms with Crippen LogP contribution in [0.5, 0.6) is 0 Å². The SMILES string of the molecule is Cc1noc(C)c1-c1ccc2c(c1)nc([C@@H]1CCCC(=O)N1c1ccc(F)c(F)c1)n2C1CCN(CC(=O)NCCCCCCNc2cccc3c2C(=O)N(C2CCC(=O)NC2=O)C3=O)CC1. The average molecular weight is 918 g/mol. The zero-order chi connectivity index (χ0) is 46.9. The molecule has 350 valence electrons.